The molecule has 2 aromatic rings. The predicted octanol–water partition coefficient (Wildman–Crippen LogP) is 4.62. The van der Waals surface area contributed by atoms with Gasteiger partial charge in [-0.3, -0.25) is 0 Å². The molecule has 0 aliphatic rings. The van der Waals surface area contributed by atoms with E-state index >= 15 is 0 Å². The van der Waals surface area contributed by atoms with E-state index in [1.165, 1.54) is 22.8 Å². The lowest BCUT2D eigenvalue weighted by Gasteiger charge is -2.17. The summed E-state index contributed by atoms with van der Waals surface area (Å²) in [7, 11) is 0. The molecule has 0 amide bonds. The molecule has 2 rings (SSSR count). The predicted molar refractivity (Wildman–Crippen MR) is 74.4 cm³/mol. The fourth-order valence-corrected chi connectivity index (χ4v) is 2.15. The normalized spacial score (nSPS) is 12.2. The zero-order chi connectivity index (χ0) is 13.1. The molecule has 0 fully saturated rings. The van der Waals surface area contributed by atoms with E-state index in [1.807, 2.05) is 13.0 Å². The number of aryl methyl sites for hydroxylation is 2. The Labute approximate surface area is 108 Å². The van der Waals surface area contributed by atoms with Gasteiger partial charge < -0.3 is 5.32 Å². The first-order valence-corrected chi connectivity index (χ1v) is 6.15. The van der Waals surface area contributed by atoms with Crippen molar-refractivity contribution in [2.75, 3.05) is 5.32 Å². The van der Waals surface area contributed by atoms with Crippen LogP contribution >= 0.6 is 0 Å². The zero-order valence-corrected chi connectivity index (χ0v) is 11.0. The van der Waals surface area contributed by atoms with Crippen LogP contribution in [0, 0.1) is 19.7 Å². The number of hydrogen-bond donors (Lipinski definition) is 1. The van der Waals surface area contributed by atoms with E-state index in [2.05, 4.69) is 37.4 Å². The summed E-state index contributed by atoms with van der Waals surface area (Å²) in [5.74, 6) is -0.214. The summed E-state index contributed by atoms with van der Waals surface area (Å²) in [5.41, 5.74) is 4.18. The molecule has 0 saturated heterocycles. The topological polar surface area (TPSA) is 12.0 Å². The Balaban J connectivity index is 2.22. The molecule has 0 spiro atoms. The van der Waals surface area contributed by atoms with Crippen molar-refractivity contribution in [1.29, 1.82) is 0 Å². The van der Waals surface area contributed by atoms with Crippen molar-refractivity contribution >= 4 is 5.69 Å². The van der Waals surface area contributed by atoms with Gasteiger partial charge in [0, 0.05) is 6.04 Å². The van der Waals surface area contributed by atoms with Crippen molar-refractivity contribution in [3.05, 3.63) is 65.0 Å². The maximum atomic E-state index is 13.6. The molecule has 0 aliphatic carbocycles. The van der Waals surface area contributed by atoms with Crippen LogP contribution in [0.4, 0.5) is 10.1 Å². The Kier molecular flexibility index (Phi) is 3.66. The SMILES string of the molecule is Cc1cc(C)cc(C(C)Nc2ccccc2F)c1. The lowest BCUT2D eigenvalue weighted by atomic mass is 10.0. The van der Waals surface area contributed by atoms with Crippen molar-refractivity contribution in [1.82, 2.24) is 0 Å². The third kappa shape index (κ3) is 2.89. The average Bonchev–Trinajstić information content (AvgIpc) is 2.31. The zero-order valence-electron chi connectivity index (χ0n) is 11.0. The second-order valence-electron chi connectivity index (χ2n) is 4.77. The standard InChI is InChI=1S/C16H18FN/c1-11-8-12(2)10-14(9-11)13(3)18-16-7-5-4-6-15(16)17/h4-10,13,18H,1-3H3. The van der Waals surface area contributed by atoms with E-state index in [0.717, 1.165) is 0 Å². The molecule has 0 bridgehead atoms. The van der Waals surface area contributed by atoms with Crippen molar-refractivity contribution in [3.8, 4) is 0 Å². The molecule has 0 aliphatic heterocycles. The molecule has 0 aromatic heterocycles. The second kappa shape index (κ2) is 5.21. The van der Waals surface area contributed by atoms with Gasteiger partial charge in [-0.1, -0.05) is 41.5 Å². The Morgan fingerprint density at radius 1 is 1.00 bits per heavy atom. The van der Waals surface area contributed by atoms with E-state index in [9.17, 15) is 4.39 Å². The summed E-state index contributed by atoms with van der Waals surface area (Å²) in [6, 6.07) is 13.2. The highest BCUT2D eigenvalue weighted by molar-refractivity contribution is 5.47. The number of halogens is 1. The first-order valence-electron chi connectivity index (χ1n) is 6.15. The van der Waals surface area contributed by atoms with Crippen molar-refractivity contribution in [2.45, 2.75) is 26.8 Å². The molecule has 2 aromatic carbocycles. The molecule has 1 N–H and O–H groups in total. The summed E-state index contributed by atoms with van der Waals surface area (Å²) >= 11 is 0. The molecule has 0 saturated carbocycles. The molecular formula is C16H18FN. The quantitative estimate of drug-likeness (QED) is 0.829. The number of rotatable bonds is 3. The van der Waals surface area contributed by atoms with Crippen LogP contribution < -0.4 is 5.32 Å². The fraction of sp³-hybridized carbons (Fsp3) is 0.250. The van der Waals surface area contributed by atoms with Gasteiger partial charge in [0.25, 0.3) is 0 Å². The van der Waals surface area contributed by atoms with E-state index in [1.54, 1.807) is 12.1 Å². The number of anilines is 1. The third-order valence-electron chi connectivity index (χ3n) is 2.99. The van der Waals surface area contributed by atoms with Gasteiger partial charge in [0.1, 0.15) is 5.82 Å². The average molecular weight is 243 g/mol. The second-order valence-corrected chi connectivity index (χ2v) is 4.77. The molecule has 1 nitrogen and oxygen atoms in total. The van der Waals surface area contributed by atoms with Crippen molar-refractivity contribution in [2.24, 2.45) is 0 Å². The van der Waals surface area contributed by atoms with Gasteiger partial charge in [-0.25, -0.2) is 4.39 Å². The molecule has 2 heteroatoms. The highest BCUT2D eigenvalue weighted by Gasteiger charge is 2.08. The van der Waals surface area contributed by atoms with Gasteiger partial charge in [-0.05, 0) is 38.5 Å². The first kappa shape index (κ1) is 12.6. The largest absolute Gasteiger partial charge is 0.376 e. The third-order valence-corrected chi connectivity index (χ3v) is 2.99. The Hall–Kier alpha value is -1.83. The number of hydrogen-bond acceptors (Lipinski definition) is 1. The highest BCUT2D eigenvalue weighted by Crippen LogP contribution is 2.23. The highest BCUT2D eigenvalue weighted by atomic mass is 19.1. The Morgan fingerprint density at radius 2 is 1.61 bits per heavy atom. The molecule has 94 valence electrons. The molecule has 0 radical (unpaired) electrons. The molecule has 0 heterocycles. The van der Waals surface area contributed by atoms with Gasteiger partial charge in [0.2, 0.25) is 0 Å². The summed E-state index contributed by atoms with van der Waals surface area (Å²) in [6.07, 6.45) is 0. The van der Waals surface area contributed by atoms with Crippen LogP contribution in [0.25, 0.3) is 0 Å². The Bertz CT molecular complexity index is 528. The smallest absolute Gasteiger partial charge is 0.146 e. The molecule has 18 heavy (non-hydrogen) atoms. The summed E-state index contributed by atoms with van der Waals surface area (Å²) in [4.78, 5) is 0. The molecule has 1 unspecified atom stereocenters. The number of para-hydroxylation sites is 1. The first-order chi connectivity index (χ1) is 8.56. The number of benzene rings is 2. The van der Waals surface area contributed by atoms with Crippen molar-refractivity contribution < 1.29 is 4.39 Å². The minimum Gasteiger partial charge on any atom is -0.376 e. The minimum absolute atomic E-state index is 0.0838. The summed E-state index contributed by atoms with van der Waals surface area (Å²) in [5, 5.41) is 3.21. The van der Waals surface area contributed by atoms with E-state index in [0.29, 0.717) is 5.69 Å². The van der Waals surface area contributed by atoms with Crippen molar-refractivity contribution in [3.63, 3.8) is 0 Å². The van der Waals surface area contributed by atoms with Crippen LogP contribution in [-0.2, 0) is 0 Å². The number of nitrogens with one attached hydrogen (secondary N) is 1. The van der Waals surface area contributed by atoms with Crippen LogP contribution in [0.3, 0.4) is 0 Å². The monoisotopic (exact) mass is 243 g/mol. The van der Waals surface area contributed by atoms with Crippen LogP contribution in [-0.4, -0.2) is 0 Å². The molecule has 1 atom stereocenters. The van der Waals surface area contributed by atoms with E-state index in [-0.39, 0.29) is 11.9 Å². The summed E-state index contributed by atoms with van der Waals surface area (Å²) in [6.45, 7) is 6.19. The molecular weight excluding hydrogens is 225 g/mol. The lowest BCUT2D eigenvalue weighted by Crippen LogP contribution is -2.08. The maximum Gasteiger partial charge on any atom is 0.146 e. The summed E-state index contributed by atoms with van der Waals surface area (Å²) < 4.78 is 13.6. The van der Waals surface area contributed by atoms with Crippen LogP contribution in [0.2, 0.25) is 0 Å². The Morgan fingerprint density at radius 3 is 2.22 bits per heavy atom. The van der Waals surface area contributed by atoms with E-state index in [4.69, 9.17) is 0 Å². The van der Waals surface area contributed by atoms with E-state index < -0.39 is 0 Å². The van der Waals surface area contributed by atoms with Gasteiger partial charge in [-0.2, -0.15) is 0 Å². The maximum absolute atomic E-state index is 13.6. The lowest BCUT2D eigenvalue weighted by molar-refractivity contribution is 0.627. The van der Waals surface area contributed by atoms with Crippen LogP contribution in [0.1, 0.15) is 29.7 Å². The minimum atomic E-state index is -0.214. The van der Waals surface area contributed by atoms with Crippen LogP contribution in [0.15, 0.2) is 42.5 Å². The van der Waals surface area contributed by atoms with Gasteiger partial charge >= 0.3 is 0 Å². The van der Waals surface area contributed by atoms with Gasteiger partial charge in [0.15, 0.2) is 0 Å². The van der Waals surface area contributed by atoms with Gasteiger partial charge in [-0.15, -0.1) is 0 Å². The fourth-order valence-electron chi connectivity index (χ4n) is 2.15. The van der Waals surface area contributed by atoms with Crippen LogP contribution in [0.5, 0.6) is 0 Å². The van der Waals surface area contributed by atoms with Gasteiger partial charge in [0.05, 0.1) is 5.69 Å².